The van der Waals surface area contributed by atoms with Gasteiger partial charge < -0.3 is 30.9 Å². The highest BCUT2D eigenvalue weighted by atomic mass is 16.4. The normalized spacial score (nSPS) is 18.2. The smallest absolute Gasteiger partial charge is 0.314 e. The van der Waals surface area contributed by atoms with Gasteiger partial charge in [0.05, 0.1) is 11.8 Å². The van der Waals surface area contributed by atoms with Crippen LogP contribution < -0.4 is 21.3 Å². The molecule has 0 aliphatic carbocycles. The second kappa shape index (κ2) is 14.6. The number of para-hydroxylation sites is 1. The molecule has 1 unspecified atom stereocenters. The highest BCUT2D eigenvalue weighted by Gasteiger charge is 2.36. The van der Waals surface area contributed by atoms with Gasteiger partial charge in [-0.25, -0.2) is 4.79 Å². The largest absolute Gasteiger partial charge is 0.481 e. The number of carboxylic acid groups (broad SMARTS) is 1. The number of amides is 4. The van der Waals surface area contributed by atoms with Crippen LogP contribution in [0.15, 0.2) is 30.5 Å². The van der Waals surface area contributed by atoms with Crippen LogP contribution >= 0.6 is 0 Å². The number of fused-ring (bicyclic) bond motifs is 5. The molecule has 214 valence electrons. The third-order valence-corrected chi connectivity index (χ3v) is 7.24. The molecule has 2 aromatic rings. The number of rotatable bonds is 9. The number of hydrogen-bond donors (Lipinski definition) is 5. The number of benzene rings is 1. The van der Waals surface area contributed by atoms with Crippen molar-refractivity contribution in [1.82, 2.24) is 25.8 Å². The van der Waals surface area contributed by atoms with Crippen molar-refractivity contribution >= 4 is 34.7 Å². The van der Waals surface area contributed by atoms with Crippen molar-refractivity contribution in [3.8, 4) is 0 Å². The lowest BCUT2D eigenvalue weighted by atomic mass is 9.84. The maximum absolute atomic E-state index is 13.7. The molecule has 0 spiro atoms. The van der Waals surface area contributed by atoms with Gasteiger partial charge in [0.15, 0.2) is 0 Å². The molecule has 4 amide bonds. The number of hydrogen-bond acceptors (Lipinski definition) is 4. The molecule has 3 atom stereocenters. The van der Waals surface area contributed by atoms with Gasteiger partial charge in [0.2, 0.25) is 11.8 Å². The predicted octanol–water partition coefficient (Wildman–Crippen LogP) is 3.04. The number of aromatic nitrogens is 1. The number of aryl methyl sites for hydroxylation is 1. The summed E-state index contributed by atoms with van der Waals surface area (Å²) in [7, 11) is 0. The average Bonchev–Trinajstić information content (AvgIpc) is 3.24. The van der Waals surface area contributed by atoms with E-state index in [9.17, 15) is 24.3 Å². The van der Waals surface area contributed by atoms with Crippen LogP contribution in [0.5, 0.6) is 0 Å². The van der Waals surface area contributed by atoms with Crippen LogP contribution in [-0.2, 0) is 27.3 Å². The van der Waals surface area contributed by atoms with E-state index in [1.165, 1.54) is 0 Å². The molecule has 10 heteroatoms. The van der Waals surface area contributed by atoms with Crippen molar-refractivity contribution in [2.24, 2.45) is 17.8 Å². The average molecular weight is 542 g/mol. The fourth-order valence-electron chi connectivity index (χ4n) is 5.26. The number of urea groups is 1. The molecular weight excluding hydrogens is 498 g/mol. The van der Waals surface area contributed by atoms with Crippen LogP contribution in [-0.4, -0.2) is 59.2 Å². The standard InChI is InChI=1S/C29H43N5O5/c1-4-30-29(39)32-17-23(28(37)38)22(15-19(2)3)26(35)33-24-16-20-18-34(25-12-8-7-11-21(20)25)14-10-6-5-9-13-31-27(24)36/h7-8,11-12,18-19,22-24H,4-6,9-10,13-17H2,1-3H3,(H,31,36)(H,33,35)(H,37,38)(H2,30,32,39)/t22-,23?,24+/m1/s1. The molecule has 2 heterocycles. The Kier molecular flexibility index (Phi) is 11.2. The van der Waals surface area contributed by atoms with E-state index in [0.717, 1.165) is 48.7 Å². The Hall–Kier alpha value is -3.56. The van der Waals surface area contributed by atoms with Crippen LogP contribution in [0.1, 0.15) is 58.4 Å². The van der Waals surface area contributed by atoms with Gasteiger partial charge in [-0.1, -0.05) is 44.9 Å². The maximum Gasteiger partial charge on any atom is 0.314 e. The molecule has 0 radical (unpaired) electrons. The first kappa shape index (κ1) is 30.0. The molecule has 3 rings (SSSR count). The summed E-state index contributed by atoms with van der Waals surface area (Å²) < 4.78 is 2.22. The van der Waals surface area contributed by atoms with E-state index in [4.69, 9.17) is 0 Å². The fraction of sp³-hybridized carbons (Fsp3) is 0.586. The van der Waals surface area contributed by atoms with Gasteiger partial charge in [0.25, 0.3) is 0 Å². The molecule has 10 nitrogen and oxygen atoms in total. The van der Waals surface area contributed by atoms with E-state index in [2.05, 4.69) is 38.1 Å². The molecule has 0 saturated carbocycles. The molecule has 5 N–H and O–H groups in total. The number of aliphatic carboxylic acids is 1. The Bertz CT molecular complexity index is 1140. The van der Waals surface area contributed by atoms with E-state index in [0.29, 0.717) is 19.5 Å². The molecule has 0 saturated heterocycles. The number of nitrogens with one attached hydrogen (secondary N) is 4. The van der Waals surface area contributed by atoms with Crippen LogP contribution in [0.4, 0.5) is 4.79 Å². The molecule has 39 heavy (non-hydrogen) atoms. The molecule has 2 bridgehead atoms. The van der Waals surface area contributed by atoms with E-state index >= 15 is 0 Å². The summed E-state index contributed by atoms with van der Waals surface area (Å²) in [6.07, 6.45) is 6.61. The van der Waals surface area contributed by atoms with Gasteiger partial charge >= 0.3 is 12.0 Å². The summed E-state index contributed by atoms with van der Waals surface area (Å²) in [5, 5.41) is 22.0. The van der Waals surface area contributed by atoms with Crippen LogP contribution in [0, 0.1) is 17.8 Å². The van der Waals surface area contributed by atoms with Gasteiger partial charge in [0.1, 0.15) is 6.04 Å². The zero-order chi connectivity index (χ0) is 28.4. The van der Waals surface area contributed by atoms with Gasteiger partial charge in [-0.2, -0.15) is 0 Å². The zero-order valence-electron chi connectivity index (χ0n) is 23.3. The van der Waals surface area contributed by atoms with Crippen molar-refractivity contribution in [2.45, 2.75) is 71.9 Å². The Morgan fingerprint density at radius 2 is 1.82 bits per heavy atom. The van der Waals surface area contributed by atoms with Gasteiger partial charge in [-0.15, -0.1) is 0 Å². The van der Waals surface area contributed by atoms with E-state index < -0.39 is 35.8 Å². The predicted molar refractivity (Wildman–Crippen MR) is 150 cm³/mol. The first-order chi connectivity index (χ1) is 18.7. The second-order valence-corrected chi connectivity index (χ2v) is 10.8. The SMILES string of the molecule is CCNC(=O)NCC(C(=O)O)[C@@H](CC(C)C)C(=O)N[C@H]1Cc2cn(c3ccccc23)CCCCCCNC1=O. The molecule has 1 aliphatic heterocycles. The lowest BCUT2D eigenvalue weighted by Gasteiger charge is -2.27. The minimum absolute atomic E-state index is 0.0268. The van der Waals surface area contributed by atoms with Crippen molar-refractivity contribution in [1.29, 1.82) is 0 Å². The summed E-state index contributed by atoms with van der Waals surface area (Å²) >= 11 is 0. The van der Waals surface area contributed by atoms with Crippen LogP contribution in [0.3, 0.4) is 0 Å². The number of carbonyl (C=O) groups is 4. The third kappa shape index (κ3) is 8.46. The third-order valence-electron chi connectivity index (χ3n) is 7.24. The lowest BCUT2D eigenvalue weighted by molar-refractivity contribution is -0.147. The monoisotopic (exact) mass is 541 g/mol. The van der Waals surface area contributed by atoms with Crippen molar-refractivity contribution < 1.29 is 24.3 Å². The molecule has 1 aliphatic rings. The molecular formula is C29H43N5O5. The Balaban J connectivity index is 1.89. The minimum atomic E-state index is -1.17. The summed E-state index contributed by atoms with van der Waals surface area (Å²) in [5.41, 5.74) is 2.05. The summed E-state index contributed by atoms with van der Waals surface area (Å²) in [4.78, 5) is 51.2. The number of carboxylic acids is 1. The highest BCUT2D eigenvalue weighted by molar-refractivity contribution is 5.92. The first-order valence-corrected chi connectivity index (χ1v) is 14.1. The number of nitrogens with zero attached hydrogens (tertiary/aromatic N) is 1. The first-order valence-electron chi connectivity index (χ1n) is 14.1. The van der Waals surface area contributed by atoms with Gasteiger partial charge in [-0.3, -0.25) is 14.4 Å². The Morgan fingerprint density at radius 1 is 1.08 bits per heavy atom. The van der Waals surface area contributed by atoms with Crippen LogP contribution in [0.25, 0.3) is 10.9 Å². The topological polar surface area (TPSA) is 142 Å². The van der Waals surface area contributed by atoms with Crippen molar-refractivity contribution in [3.63, 3.8) is 0 Å². The lowest BCUT2D eigenvalue weighted by Crippen LogP contribution is -2.52. The summed E-state index contributed by atoms with van der Waals surface area (Å²) in [5.74, 6) is -4.00. The van der Waals surface area contributed by atoms with Crippen molar-refractivity contribution in [3.05, 3.63) is 36.0 Å². The van der Waals surface area contributed by atoms with Crippen molar-refractivity contribution in [2.75, 3.05) is 19.6 Å². The summed E-state index contributed by atoms with van der Waals surface area (Å²) in [6, 6.07) is 6.70. The van der Waals surface area contributed by atoms with Gasteiger partial charge in [-0.05, 0) is 43.7 Å². The second-order valence-electron chi connectivity index (χ2n) is 10.8. The van der Waals surface area contributed by atoms with E-state index in [1.807, 2.05) is 32.0 Å². The maximum atomic E-state index is 13.7. The zero-order valence-corrected chi connectivity index (χ0v) is 23.3. The summed E-state index contributed by atoms with van der Waals surface area (Å²) in [6.45, 7) is 7.19. The Morgan fingerprint density at radius 3 is 2.54 bits per heavy atom. The quantitative estimate of drug-likeness (QED) is 0.332. The Labute approximate surface area is 230 Å². The molecule has 0 fully saturated rings. The number of carbonyl (C=O) groups excluding carboxylic acids is 3. The van der Waals surface area contributed by atoms with Crippen LogP contribution in [0.2, 0.25) is 0 Å². The van der Waals surface area contributed by atoms with E-state index in [1.54, 1.807) is 6.92 Å². The molecule has 1 aromatic carbocycles. The highest BCUT2D eigenvalue weighted by Crippen LogP contribution is 2.25. The van der Waals surface area contributed by atoms with E-state index in [-0.39, 0.29) is 24.8 Å². The fourth-order valence-corrected chi connectivity index (χ4v) is 5.26. The minimum Gasteiger partial charge on any atom is -0.481 e. The molecule has 1 aromatic heterocycles. The van der Waals surface area contributed by atoms with Gasteiger partial charge in [0, 0.05) is 49.7 Å².